The van der Waals surface area contributed by atoms with Crippen LogP contribution in [0.25, 0.3) is 0 Å². The first-order valence-electron chi connectivity index (χ1n) is 7.90. The molecular formula is C15H30N2O. The first-order valence-corrected chi connectivity index (χ1v) is 7.90. The van der Waals surface area contributed by atoms with Crippen molar-refractivity contribution in [3.8, 4) is 0 Å². The highest BCUT2D eigenvalue weighted by Gasteiger charge is 2.31. The van der Waals surface area contributed by atoms with Crippen LogP contribution in [0.5, 0.6) is 0 Å². The van der Waals surface area contributed by atoms with Gasteiger partial charge in [-0.15, -0.1) is 0 Å². The fourth-order valence-electron chi connectivity index (χ4n) is 3.69. The fourth-order valence-corrected chi connectivity index (χ4v) is 3.69. The minimum Gasteiger partial charge on any atom is -0.395 e. The summed E-state index contributed by atoms with van der Waals surface area (Å²) >= 11 is 0. The molecule has 1 aliphatic carbocycles. The van der Waals surface area contributed by atoms with Crippen LogP contribution in [0.4, 0.5) is 0 Å². The Bertz CT molecular complexity index is 235. The summed E-state index contributed by atoms with van der Waals surface area (Å²) < 4.78 is 0. The molecule has 3 unspecified atom stereocenters. The Balaban J connectivity index is 1.75. The zero-order valence-electron chi connectivity index (χ0n) is 11.9. The second kappa shape index (κ2) is 7.46. The number of hydrogen-bond donors (Lipinski definition) is 2. The van der Waals surface area contributed by atoms with Gasteiger partial charge < -0.3 is 15.3 Å². The fraction of sp³-hybridized carbons (Fsp3) is 1.00. The molecule has 3 heteroatoms. The largest absolute Gasteiger partial charge is 0.395 e. The number of rotatable bonds is 6. The molecule has 0 radical (unpaired) electrons. The number of likely N-dealkylation sites (tertiary alicyclic amines) is 1. The first kappa shape index (κ1) is 14.3. The SMILES string of the molecule is CCCNC(CO)CN1CCC2CCCCC2C1. The van der Waals surface area contributed by atoms with E-state index in [0.717, 1.165) is 31.3 Å². The average molecular weight is 254 g/mol. The molecule has 3 nitrogen and oxygen atoms in total. The van der Waals surface area contributed by atoms with Gasteiger partial charge >= 0.3 is 0 Å². The van der Waals surface area contributed by atoms with E-state index in [-0.39, 0.29) is 12.6 Å². The van der Waals surface area contributed by atoms with E-state index in [9.17, 15) is 5.11 Å². The predicted octanol–water partition coefficient (Wildman–Crippen LogP) is 1.86. The second-order valence-electron chi connectivity index (χ2n) is 6.19. The Morgan fingerprint density at radius 1 is 1.22 bits per heavy atom. The highest BCUT2D eigenvalue weighted by Crippen LogP contribution is 2.35. The zero-order valence-corrected chi connectivity index (χ0v) is 11.9. The van der Waals surface area contributed by atoms with E-state index in [1.807, 2.05) is 0 Å². The van der Waals surface area contributed by atoms with Gasteiger partial charge in [0.25, 0.3) is 0 Å². The van der Waals surface area contributed by atoms with Gasteiger partial charge in [0.15, 0.2) is 0 Å². The summed E-state index contributed by atoms with van der Waals surface area (Å²) in [7, 11) is 0. The lowest BCUT2D eigenvalue weighted by Crippen LogP contribution is -2.49. The van der Waals surface area contributed by atoms with E-state index in [2.05, 4.69) is 17.1 Å². The van der Waals surface area contributed by atoms with Crippen LogP contribution in [-0.4, -0.2) is 48.8 Å². The molecule has 0 aromatic rings. The minimum atomic E-state index is 0.268. The molecule has 106 valence electrons. The molecule has 0 aromatic heterocycles. The average Bonchev–Trinajstić information content (AvgIpc) is 2.43. The number of aliphatic hydroxyl groups excluding tert-OH is 1. The Morgan fingerprint density at radius 2 is 2.00 bits per heavy atom. The predicted molar refractivity (Wildman–Crippen MR) is 75.7 cm³/mol. The molecule has 1 heterocycles. The van der Waals surface area contributed by atoms with Crippen molar-refractivity contribution in [2.24, 2.45) is 11.8 Å². The van der Waals surface area contributed by atoms with Crippen molar-refractivity contribution in [2.45, 2.75) is 51.5 Å². The van der Waals surface area contributed by atoms with Crippen LogP contribution in [0.2, 0.25) is 0 Å². The number of hydrogen-bond acceptors (Lipinski definition) is 3. The summed E-state index contributed by atoms with van der Waals surface area (Å²) in [4.78, 5) is 2.58. The first-order chi connectivity index (χ1) is 8.83. The Hall–Kier alpha value is -0.120. The van der Waals surface area contributed by atoms with Crippen LogP contribution in [0.1, 0.15) is 45.4 Å². The lowest BCUT2D eigenvalue weighted by Gasteiger charge is -2.42. The second-order valence-corrected chi connectivity index (χ2v) is 6.19. The van der Waals surface area contributed by atoms with Crippen molar-refractivity contribution in [1.82, 2.24) is 10.2 Å². The highest BCUT2D eigenvalue weighted by molar-refractivity contribution is 4.85. The van der Waals surface area contributed by atoms with E-state index in [0.29, 0.717) is 0 Å². The molecule has 0 spiro atoms. The molecule has 0 amide bonds. The van der Waals surface area contributed by atoms with Gasteiger partial charge in [0.05, 0.1) is 6.61 Å². The van der Waals surface area contributed by atoms with Gasteiger partial charge in [-0.1, -0.05) is 26.2 Å². The van der Waals surface area contributed by atoms with Crippen LogP contribution in [0.3, 0.4) is 0 Å². The summed E-state index contributed by atoms with van der Waals surface area (Å²) in [6, 6.07) is 0.269. The van der Waals surface area contributed by atoms with E-state index < -0.39 is 0 Å². The van der Waals surface area contributed by atoms with Crippen LogP contribution < -0.4 is 5.32 Å². The number of fused-ring (bicyclic) bond motifs is 1. The summed E-state index contributed by atoms with van der Waals surface area (Å²) in [6.07, 6.45) is 8.33. The molecule has 2 aliphatic rings. The van der Waals surface area contributed by atoms with Gasteiger partial charge in [0.1, 0.15) is 0 Å². The molecule has 3 atom stereocenters. The van der Waals surface area contributed by atoms with Gasteiger partial charge in [-0.2, -0.15) is 0 Å². The summed E-state index contributed by atoms with van der Waals surface area (Å²) in [5.41, 5.74) is 0. The maximum absolute atomic E-state index is 9.43. The summed E-state index contributed by atoms with van der Waals surface area (Å²) in [6.45, 7) is 7.00. The van der Waals surface area contributed by atoms with E-state index in [4.69, 9.17) is 0 Å². The molecule has 2 fully saturated rings. The van der Waals surface area contributed by atoms with Crippen LogP contribution in [0, 0.1) is 11.8 Å². The third kappa shape index (κ3) is 3.94. The topological polar surface area (TPSA) is 35.5 Å². The molecular weight excluding hydrogens is 224 g/mol. The molecule has 0 bridgehead atoms. The molecule has 2 rings (SSSR count). The number of nitrogens with zero attached hydrogens (tertiary/aromatic N) is 1. The molecule has 1 aliphatic heterocycles. The lowest BCUT2D eigenvalue weighted by atomic mass is 9.75. The molecule has 2 N–H and O–H groups in total. The smallest absolute Gasteiger partial charge is 0.0597 e. The number of piperidine rings is 1. The van der Waals surface area contributed by atoms with Gasteiger partial charge in [-0.25, -0.2) is 0 Å². The van der Waals surface area contributed by atoms with Crippen molar-refractivity contribution >= 4 is 0 Å². The molecule has 1 saturated heterocycles. The Morgan fingerprint density at radius 3 is 2.72 bits per heavy atom. The van der Waals surface area contributed by atoms with Gasteiger partial charge in [-0.3, -0.25) is 0 Å². The lowest BCUT2D eigenvalue weighted by molar-refractivity contribution is 0.0725. The zero-order chi connectivity index (χ0) is 12.8. The van der Waals surface area contributed by atoms with E-state index in [1.54, 1.807) is 0 Å². The number of nitrogens with one attached hydrogen (secondary N) is 1. The molecule has 1 saturated carbocycles. The summed E-state index contributed by atoms with van der Waals surface area (Å²) in [5, 5.41) is 12.9. The maximum Gasteiger partial charge on any atom is 0.0597 e. The van der Waals surface area contributed by atoms with Crippen molar-refractivity contribution < 1.29 is 5.11 Å². The van der Waals surface area contributed by atoms with Gasteiger partial charge in [-0.05, 0) is 44.2 Å². The van der Waals surface area contributed by atoms with E-state index >= 15 is 0 Å². The van der Waals surface area contributed by atoms with Crippen molar-refractivity contribution in [3.63, 3.8) is 0 Å². The number of aliphatic hydroxyl groups is 1. The highest BCUT2D eigenvalue weighted by atomic mass is 16.3. The van der Waals surface area contributed by atoms with E-state index in [1.165, 1.54) is 45.2 Å². The third-order valence-electron chi connectivity index (χ3n) is 4.76. The normalized spacial score (nSPS) is 31.0. The Kier molecular flexibility index (Phi) is 5.93. The van der Waals surface area contributed by atoms with Crippen molar-refractivity contribution in [2.75, 3.05) is 32.8 Å². The molecule has 18 heavy (non-hydrogen) atoms. The van der Waals surface area contributed by atoms with Crippen LogP contribution >= 0.6 is 0 Å². The van der Waals surface area contributed by atoms with Gasteiger partial charge in [0, 0.05) is 19.1 Å². The molecule has 0 aromatic carbocycles. The van der Waals surface area contributed by atoms with Crippen LogP contribution in [0.15, 0.2) is 0 Å². The van der Waals surface area contributed by atoms with Crippen molar-refractivity contribution in [3.05, 3.63) is 0 Å². The standard InChI is InChI=1S/C15H30N2O/c1-2-8-16-15(12-18)11-17-9-7-13-5-3-4-6-14(13)10-17/h13-16,18H,2-12H2,1H3. The monoisotopic (exact) mass is 254 g/mol. The van der Waals surface area contributed by atoms with Gasteiger partial charge in [0.2, 0.25) is 0 Å². The quantitative estimate of drug-likeness (QED) is 0.759. The van der Waals surface area contributed by atoms with Crippen molar-refractivity contribution in [1.29, 1.82) is 0 Å². The minimum absolute atomic E-state index is 0.268. The maximum atomic E-state index is 9.43. The summed E-state index contributed by atoms with van der Waals surface area (Å²) in [5.74, 6) is 1.95. The van der Waals surface area contributed by atoms with Crippen LogP contribution in [-0.2, 0) is 0 Å². The Labute approximate surface area is 112 Å². The third-order valence-corrected chi connectivity index (χ3v) is 4.76.